The van der Waals surface area contributed by atoms with Crippen LogP contribution in [0.2, 0.25) is 0 Å². The average molecular weight is 433 g/mol. The van der Waals surface area contributed by atoms with Crippen LogP contribution in [0.4, 0.5) is 0 Å². The van der Waals surface area contributed by atoms with E-state index in [-0.39, 0.29) is 29.6 Å². The van der Waals surface area contributed by atoms with Crippen molar-refractivity contribution < 1.29 is 13.2 Å². The van der Waals surface area contributed by atoms with Gasteiger partial charge >= 0.3 is 0 Å². The largest absolute Gasteiger partial charge is 0.351 e. The van der Waals surface area contributed by atoms with Gasteiger partial charge in [0, 0.05) is 24.9 Å². The molecule has 0 bridgehead atoms. The van der Waals surface area contributed by atoms with Gasteiger partial charge in [-0.05, 0) is 60.9 Å². The molecule has 0 rings (SSSR count). The molecule has 0 aromatic heterocycles. The lowest BCUT2D eigenvalue weighted by atomic mass is 10.2. The molecule has 0 aliphatic carbocycles. The third kappa shape index (κ3) is 17.2. The molecule has 0 aliphatic heterocycles. The van der Waals surface area contributed by atoms with E-state index in [4.69, 9.17) is 0 Å². The summed E-state index contributed by atoms with van der Waals surface area (Å²) in [5.41, 5.74) is 0. The molecule has 29 heavy (non-hydrogen) atoms. The van der Waals surface area contributed by atoms with E-state index in [1.807, 2.05) is 33.0 Å². The van der Waals surface area contributed by atoms with Gasteiger partial charge < -0.3 is 15.1 Å². The van der Waals surface area contributed by atoms with Gasteiger partial charge in [-0.1, -0.05) is 6.92 Å². The molecule has 9 nitrogen and oxygen atoms in total. The van der Waals surface area contributed by atoms with Gasteiger partial charge in [0.1, 0.15) is 6.34 Å². The van der Waals surface area contributed by atoms with Gasteiger partial charge in [-0.15, -0.1) is 0 Å². The van der Waals surface area contributed by atoms with E-state index in [0.29, 0.717) is 13.1 Å². The summed E-state index contributed by atoms with van der Waals surface area (Å²) in [5, 5.41) is 6.11. The molecule has 2 atom stereocenters. The third-order valence-electron chi connectivity index (χ3n) is 4.32. The Kier molecular flexibility index (Phi) is 14.8. The van der Waals surface area contributed by atoms with Crippen LogP contribution >= 0.6 is 0 Å². The lowest BCUT2D eigenvalue weighted by molar-refractivity contribution is -0.114. The molecule has 0 radical (unpaired) electrons. The van der Waals surface area contributed by atoms with Crippen molar-refractivity contribution in [2.24, 2.45) is 9.98 Å². The predicted molar refractivity (Wildman–Crippen MR) is 122 cm³/mol. The normalized spacial score (nSPS) is 14.9. The second-order valence-corrected chi connectivity index (χ2v) is 10.0. The number of rotatable bonds is 16. The number of amides is 1. The molecule has 0 spiro atoms. The maximum absolute atomic E-state index is 11.6. The summed E-state index contributed by atoms with van der Waals surface area (Å²) in [6.07, 6.45) is 4.25. The van der Waals surface area contributed by atoms with Gasteiger partial charge in [0.25, 0.3) is 5.91 Å². The Bertz CT molecular complexity index is 607. The Hall–Kier alpha value is -1.36. The molecule has 170 valence electrons. The molecule has 2 N–H and O–H groups in total. The van der Waals surface area contributed by atoms with Crippen molar-refractivity contribution in [2.45, 2.75) is 45.8 Å². The number of carbonyl (C=O) groups excluding carboxylic acids is 1. The van der Waals surface area contributed by atoms with Crippen LogP contribution in [0.5, 0.6) is 0 Å². The molecule has 10 heteroatoms. The number of aliphatic imine (C=N–C) groups is 2. The van der Waals surface area contributed by atoms with Crippen molar-refractivity contribution in [2.75, 3.05) is 58.8 Å². The number of nitrogens with one attached hydrogen (secondary N) is 2. The van der Waals surface area contributed by atoms with E-state index in [1.165, 1.54) is 12.6 Å². The fourth-order valence-corrected chi connectivity index (χ4v) is 3.27. The number of hydrogen-bond donors (Lipinski definition) is 2. The first-order chi connectivity index (χ1) is 13.6. The maximum atomic E-state index is 11.6. The fraction of sp³-hybridized carbons (Fsp3) is 0.842. The first-order valence-corrected chi connectivity index (χ1v) is 12.0. The minimum Gasteiger partial charge on any atom is -0.351 e. The van der Waals surface area contributed by atoms with Crippen LogP contribution in [0.3, 0.4) is 0 Å². The highest BCUT2D eigenvalue weighted by Crippen LogP contribution is 1.98. The standard InChI is InChI=1S/C19H40N6O3S/c1-7-29(27,28)14-13-25(6)12-9-17(2)23-18(3)22-16-20-15-19(26)21-10-8-11-24(4)5/h15-18,23H,7-14H2,1-6H3,(H,21,26). The first kappa shape index (κ1) is 27.6. The summed E-state index contributed by atoms with van der Waals surface area (Å²) in [7, 11) is 3.00. The fourth-order valence-electron chi connectivity index (χ4n) is 2.40. The summed E-state index contributed by atoms with van der Waals surface area (Å²) in [4.78, 5) is 23.9. The second kappa shape index (κ2) is 15.5. The van der Waals surface area contributed by atoms with E-state index in [2.05, 4.69) is 32.4 Å². The third-order valence-corrected chi connectivity index (χ3v) is 6.01. The van der Waals surface area contributed by atoms with Gasteiger partial charge in [0.2, 0.25) is 0 Å². The van der Waals surface area contributed by atoms with Gasteiger partial charge in [0.15, 0.2) is 9.84 Å². The molecule has 0 saturated carbocycles. The zero-order valence-corrected chi connectivity index (χ0v) is 19.7. The molecule has 0 saturated heterocycles. The van der Waals surface area contributed by atoms with Crippen LogP contribution in [0.1, 0.15) is 33.6 Å². The molecule has 0 aromatic rings. The van der Waals surface area contributed by atoms with Crippen LogP contribution in [0, 0.1) is 0 Å². The van der Waals surface area contributed by atoms with Crippen LogP contribution in [0.15, 0.2) is 9.98 Å². The lowest BCUT2D eigenvalue weighted by Gasteiger charge is -2.21. The molecule has 1 amide bonds. The van der Waals surface area contributed by atoms with E-state index >= 15 is 0 Å². The first-order valence-electron chi connectivity index (χ1n) is 10.2. The summed E-state index contributed by atoms with van der Waals surface area (Å²) in [5.74, 6) is 0.163. The van der Waals surface area contributed by atoms with Gasteiger partial charge in [-0.25, -0.2) is 13.4 Å². The molecule has 0 heterocycles. The Labute approximate surface area is 177 Å². The molecule has 0 aliphatic rings. The average Bonchev–Trinajstić information content (AvgIpc) is 2.65. The lowest BCUT2D eigenvalue weighted by Crippen LogP contribution is -2.36. The summed E-state index contributed by atoms with van der Waals surface area (Å²) >= 11 is 0. The Morgan fingerprint density at radius 1 is 1.14 bits per heavy atom. The van der Waals surface area contributed by atoms with Crippen LogP contribution < -0.4 is 10.6 Å². The maximum Gasteiger partial charge on any atom is 0.262 e. The SMILES string of the molecule is CCS(=O)(=O)CCN(C)CCC(C)NC(C)N=CN=CC(=O)NCCCN(C)C. The van der Waals surface area contributed by atoms with Crippen LogP contribution in [-0.2, 0) is 14.6 Å². The quantitative estimate of drug-likeness (QED) is 0.205. The Morgan fingerprint density at radius 3 is 2.45 bits per heavy atom. The van der Waals surface area contributed by atoms with Crippen molar-refractivity contribution >= 4 is 28.3 Å². The van der Waals surface area contributed by atoms with E-state index in [0.717, 1.165) is 25.9 Å². The Balaban J connectivity index is 4.01. The van der Waals surface area contributed by atoms with E-state index in [1.54, 1.807) is 6.92 Å². The minimum absolute atomic E-state index is 0.129. The minimum atomic E-state index is -2.92. The summed E-state index contributed by atoms with van der Waals surface area (Å²) in [6, 6.07) is 0.219. The molecule has 0 fully saturated rings. The predicted octanol–water partition coefficient (Wildman–Crippen LogP) is 0.234. The number of sulfone groups is 1. The highest BCUT2D eigenvalue weighted by molar-refractivity contribution is 7.91. The van der Waals surface area contributed by atoms with Gasteiger partial charge in [-0.3, -0.25) is 15.1 Å². The number of hydrogen-bond acceptors (Lipinski definition) is 7. The second-order valence-electron chi connectivity index (χ2n) is 7.56. The van der Waals surface area contributed by atoms with Gasteiger partial charge in [0.05, 0.1) is 18.1 Å². The highest BCUT2D eigenvalue weighted by atomic mass is 32.2. The van der Waals surface area contributed by atoms with Crippen molar-refractivity contribution in [3.8, 4) is 0 Å². The summed E-state index contributed by atoms with van der Waals surface area (Å²) in [6.45, 7) is 8.54. The van der Waals surface area contributed by atoms with Crippen LogP contribution in [0.25, 0.3) is 0 Å². The van der Waals surface area contributed by atoms with E-state index in [9.17, 15) is 13.2 Å². The number of nitrogens with zero attached hydrogens (tertiary/aromatic N) is 4. The molecular weight excluding hydrogens is 392 g/mol. The van der Waals surface area contributed by atoms with E-state index < -0.39 is 9.84 Å². The zero-order valence-electron chi connectivity index (χ0n) is 18.9. The topological polar surface area (TPSA) is 106 Å². The highest BCUT2D eigenvalue weighted by Gasteiger charge is 2.11. The molecular formula is C19H40N6O3S. The summed E-state index contributed by atoms with van der Waals surface area (Å²) < 4.78 is 23.1. The molecule has 2 unspecified atom stereocenters. The smallest absolute Gasteiger partial charge is 0.262 e. The van der Waals surface area contributed by atoms with Gasteiger partial charge in [-0.2, -0.15) is 0 Å². The monoisotopic (exact) mass is 432 g/mol. The van der Waals surface area contributed by atoms with Crippen molar-refractivity contribution in [3.63, 3.8) is 0 Å². The number of carbonyl (C=O) groups is 1. The molecule has 0 aromatic carbocycles. The zero-order chi connectivity index (χ0) is 22.3. The Morgan fingerprint density at radius 2 is 1.83 bits per heavy atom. The van der Waals surface area contributed by atoms with Crippen molar-refractivity contribution in [1.82, 2.24) is 20.4 Å². The van der Waals surface area contributed by atoms with Crippen LogP contribution in [-0.4, -0.2) is 108 Å². The van der Waals surface area contributed by atoms with Crippen molar-refractivity contribution in [3.05, 3.63) is 0 Å². The van der Waals surface area contributed by atoms with Crippen molar-refractivity contribution in [1.29, 1.82) is 0 Å².